The van der Waals surface area contributed by atoms with Crippen LogP contribution in [-0.2, 0) is 47.9 Å². The molecule has 46 heavy (non-hydrogen) atoms. The molecule has 0 heterocycles. The Kier molecular flexibility index (Phi) is 19.6. The molecule has 0 radical (unpaired) electrons. The molecule has 0 bridgehead atoms. The SMILES string of the molecule is NCCCC[C@H](NC(=O)CNC(=O)CNC(=O)[C@H](CC(=O)O)NC(=O)CNC(=O)CNC(=O)[C@H](CC(=O)O)NC(=O)CN)C(=O)O. The normalized spacial score (nSPS) is 12.2. The van der Waals surface area contributed by atoms with Crippen LogP contribution in [0, 0.1) is 0 Å². The molecule has 0 spiro atoms. The third-order valence-corrected chi connectivity index (χ3v) is 5.57. The summed E-state index contributed by atoms with van der Waals surface area (Å²) in [7, 11) is 0. The van der Waals surface area contributed by atoms with Gasteiger partial charge in [-0.25, -0.2) is 4.79 Å². The lowest BCUT2D eigenvalue weighted by atomic mass is 10.1. The van der Waals surface area contributed by atoms with Gasteiger partial charge in [-0.05, 0) is 25.8 Å². The van der Waals surface area contributed by atoms with Crippen LogP contribution < -0.4 is 48.7 Å². The van der Waals surface area contributed by atoms with E-state index in [1.807, 2.05) is 5.32 Å². The zero-order valence-corrected chi connectivity index (χ0v) is 24.6. The van der Waals surface area contributed by atoms with Crippen molar-refractivity contribution in [2.45, 2.75) is 50.2 Å². The number of hydrogen-bond acceptors (Lipinski definition) is 12. The van der Waals surface area contributed by atoms with E-state index in [0.29, 0.717) is 19.4 Å². The third-order valence-electron chi connectivity index (χ3n) is 5.57. The number of unbranched alkanes of at least 4 members (excludes halogenated alkanes) is 1. The van der Waals surface area contributed by atoms with Gasteiger partial charge in [-0.15, -0.1) is 0 Å². The Morgan fingerprint density at radius 2 is 0.891 bits per heavy atom. The Hall–Kier alpha value is -5.38. The monoisotopic (exact) mass is 661 g/mol. The van der Waals surface area contributed by atoms with E-state index in [9.17, 15) is 53.1 Å². The molecule has 258 valence electrons. The van der Waals surface area contributed by atoms with Crippen LogP contribution in [0.15, 0.2) is 0 Å². The number of carbonyl (C=O) groups excluding carboxylic acids is 7. The fraction of sp³-hybridized carbons (Fsp3) is 0.583. The zero-order chi connectivity index (χ0) is 35.2. The second kappa shape index (κ2) is 22.2. The predicted octanol–water partition coefficient (Wildman–Crippen LogP) is -6.97. The van der Waals surface area contributed by atoms with E-state index in [1.54, 1.807) is 0 Å². The van der Waals surface area contributed by atoms with Gasteiger partial charge in [0.1, 0.15) is 18.1 Å². The summed E-state index contributed by atoms with van der Waals surface area (Å²) >= 11 is 0. The van der Waals surface area contributed by atoms with Crippen LogP contribution in [0.1, 0.15) is 32.1 Å². The Bertz CT molecular complexity index is 1150. The minimum atomic E-state index is -1.70. The quantitative estimate of drug-likeness (QED) is 0.0453. The Balaban J connectivity index is 4.79. The Morgan fingerprint density at radius 3 is 1.26 bits per heavy atom. The van der Waals surface area contributed by atoms with E-state index >= 15 is 0 Å². The topological polar surface area (TPSA) is 368 Å². The first-order valence-electron chi connectivity index (χ1n) is 13.6. The highest BCUT2D eigenvalue weighted by atomic mass is 16.4. The van der Waals surface area contributed by atoms with Crippen LogP contribution in [0.2, 0.25) is 0 Å². The van der Waals surface area contributed by atoms with Gasteiger partial charge in [-0.3, -0.25) is 43.2 Å². The molecule has 14 N–H and O–H groups in total. The van der Waals surface area contributed by atoms with Gasteiger partial charge in [0.15, 0.2) is 0 Å². The molecule has 22 nitrogen and oxygen atoms in total. The number of carboxylic acids is 3. The minimum Gasteiger partial charge on any atom is -0.481 e. The van der Waals surface area contributed by atoms with Crippen molar-refractivity contribution in [3.05, 3.63) is 0 Å². The van der Waals surface area contributed by atoms with Crippen molar-refractivity contribution in [1.29, 1.82) is 0 Å². The zero-order valence-electron chi connectivity index (χ0n) is 24.6. The average molecular weight is 662 g/mol. The van der Waals surface area contributed by atoms with Crippen molar-refractivity contribution in [3.8, 4) is 0 Å². The predicted molar refractivity (Wildman–Crippen MR) is 152 cm³/mol. The number of carboxylic acid groups (broad SMARTS) is 3. The van der Waals surface area contributed by atoms with Crippen molar-refractivity contribution in [2.75, 3.05) is 39.3 Å². The van der Waals surface area contributed by atoms with Crippen LogP contribution in [-0.4, -0.2) is 132 Å². The first kappa shape index (κ1) is 40.6. The summed E-state index contributed by atoms with van der Waals surface area (Å²) in [5.74, 6) is -10.9. The molecule has 0 saturated carbocycles. The fourth-order valence-electron chi connectivity index (χ4n) is 3.33. The van der Waals surface area contributed by atoms with Gasteiger partial charge < -0.3 is 64.0 Å². The maximum atomic E-state index is 12.4. The summed E-state index contributed by atoms with van der Waals surface area (Å²) < 4.78 is 0. The van der Waals surface area contributed by atoms with E-state index in [-0.39, 0.29) is 6.42 Å². The number of hydrogen-bond donors (Lipinski definition) is 12. The highest BCUT2D eigenvalue weighted by Crippen LogP contribution is 2.00. The van der Waals surface area contributed by atoms with Crippen LogP contribution in [0.4, 0.5) is 0 Å². The Morgan fingerprint density at radius 1 is 0.500 bits per heavy atom. The summed E-state index contributed by atoms with van der Waals surface area (Å²) in [6, 6.07) is -4.45. The number of aliphatic carboxylic acids is 3. The highest BCUT2D eigenvalue weighted by molar-refractivity contribution is 5.96. The van der Waals surface area contributed by atoms with E-state index in [4.69, 9.17) is 21.7 Å². The van der Waals surface area contributed by atoms with Crippen molar-refractivity contribution < 1.29 is 63.3 Å². The summed E-state index contributed by atoms with van der Waals surface area (Å²) in [5, 5.41) is 41.8. The largest absolute Gasteiger partial charge is 0.481 e. The molecule has 0 aliphatic heterocycles. The maximum Gasteiger partial charge on any atom is 0.326 e. The summed E-state index contributed by atoms with van der Waals surface area (Å²) in [6.45, 7) is -3.11. The molecule has 0 aromatic carbocycles. The maximum absolute atomic E-state index is 12.4. The molecular weight excluding hydrogens is 622 g/mol. The van der Waals surface area contributed by atoms with Gasteiger partial charge in [-0.1, -0.05) is 0 Å². The highest BCUT2D eigenvalue weighted by Gasteiger charge is 2.26. The molecule has 0 unspecified atom stereocenters. The molecule has 0 aromatic rings. The van der Waals surface area contributed by atoms with Crippen molar-refractivity contribution in [2.24, 2.45) is 11.5 Å². The van der Waals surface area contributed by atoms with E-state index in [2.05, 4.69) is 31.9 Å². The molecule has 0 aromatic heterocycles. The number of amides is 7. The standard InChI is InChI=1S/C24H39N9O13/c25-4-2-1-3-12(24(45)46)31-18(37)10-27-16(35)9-30-23(44)14(6-21(41)42)33-19(38)11-28-17(36)8-29-22(43)13(5-20(39)40)32-15(34)7-26/h12-14H,1-11,25-26H2,(H,27,35)(H,28,36)(H,29,43)(H,30,44)(H,31,37)(H,32,34)(H,33,38)(H,39,40)(H,41,42)(H,45,46)/t12-,13-,14-/m0/s1. The lowest BCUT2D eigenvalue weighted by molar-refractivity contribution is -0.142. The van der Waals surface area contributed by atoms with Crippen LogP contribution in [0.3, 0.4) is 0 Å². The molecular formula is C24H39N9O13. The summed E-state index contributed by atoms with van der Waals surface area (Å²) in [5.41, 5.74) is 10.5. The molecule has 3 atom stereocenters. The lowest BCUT2D eigenvalue weighted by Gasteiger charge is -2.18. The average Bonchev–Trinajstić information content (AvgIpc) is 2.98. The van der Waals surface area contributed by atoms with Gasteiger partial charge in [-0.2, -0.15) is 0 Å². The summed E-state index contributed by atoms with van der Waals surface area (Å²) in [6.07, 6.45) is -0.630. The lowest BCUT2D eigenvalue weighted by Crippen LogP contribution is -2.53. The molecule has 0 aliphatic carbocycles. The van der Waals surface area contributed by atoms with Crippen LogP contribution >= 0.6 is 0 Å². The minimum absolute atomic E-state index is 0.116. The van der Waals surface area contributed by atoms with Crippen molar-refractivity contribution in [1.82, 2.24) is 37.2 Å². The number of carbonyl (C=O) groups is 10. The van der Waals surface area contributed by atoms with Crippen LogP contribution in [0.5, 0.6) is 0 Å². The molecule has 0 saturated heterocycles. The van der Waals surface area contributed by atoms with E-state index in [1.165, 1.54) is 0 Å². The molecule has 7 amide bonds. The third kappa shape index (κ3) is 19.0. The van der Waals surface area contributed by atoms with Crippen molar-refractivity contribution >= 4 is 59.3 Å². The molecule has 0 fully saturated rings. The second-order valence-electron chi connectivity index (χ2n) is 9.37. The number of nitrogens with two attached hydrogens (primary N) is 2. The smallest absolute Gasteiger partial charge is 0.326 e. The van der Waals surface area contributed by atoms with Crippen LogP contribution in [0.25, 0.3) is 0 Å². The van der Waals surface area contributed by atoms with Gasteiger partial charge >= 0.3 is 17.9 Å². The summed E-state index contributed by atoms with van der Waals surface area (Å²) in [4.78, 5) is 118. The van der Waals surface area contributed by atoms with E-state index in [0.717, 1.165) is 0 Å². The van der Waals surface area contributed by atoms with Crippen molar-refractivity contribution in [3.63, 3.8) is 0 Å². The van der Waals surface area contributed by atoms with Gasteiger partial charge in [0.05, 0.1) is 45.6 Å². The molecule has 0 aliphatic rings. The molecule has 22 heteroatoms. The Labute approximate surface area is 261 Å². The number of rotatable bonds is 23. The number of nitrogens with one attached hydrogen (secondary N) is 7. The van der Waals surface area contributed by atoms with Gasteiger partial charge in [0, 0.05) is 0 Å². The van der Waals surface area contributed by atoms with Gasteiger partial charge in [0.25, 0.3) is 0 Å². The second-order valence-corrected chi connectivity index (χ2v) is 9.37. The van der Waals surface area contributed by atoms with Gasteiger partial charge in [0.2, 0.25) is 41.4 Å². The first-order chi connectivity index (χ1) is 21.6. The molecule has 0 rings (SSSR count). The fourth-order valence-corrected chi connectivity index (χ4v) is 3.33. The first-order valence-corrected chi connectivity index (χ1v) is 13.6. The van der Waals surface area contributed by atoms with E-state index < -0.39 is 123 Å².